The van der Waals surface area contributed by atoms with Gasteiger partial charge in [0.05, 0.1) is 18.8 Å². The van der Waals surface area contributed by atoms with Crippen molar-refractivity contribution < 1.29 is 9.36 Å². The highest BCUT2D eigenvalue weighted by atomic mass is 16.6. The molecule has 86 valence electrons. The molecule has 5 nitrogen and oxygen atoms in total. The van der Waals surface area contributed by atoms with Crippen molar-refractivity contribution in [2.45, 2.75) is 6.04 Å². The fraction of sp³-hybridized carbons (Fsp3) is 0.364. The summed E-state index contributed by atoms with van der Waals surface area (Å²) in [6.07, 6.45) is 7.17. The fourth-order valence-corrected chi connectivity index (χ4v) is 1.57. The van der Waals surface area contributed by atoms with E-state index in [-0.39, 0.29) is 6.04 Å². The second-order valence-electron chi connectivity index (χ2n) is 3.56. The largest absolute Gasteiger partial charge is 0.364 e. The molecule has 0 bridgehead atoms. The summed E-state index contributed by atoms with van der Waals surface area (Å²) in [6.45, 7) is 5.73. The van der Waals surface area contributed by atoms with Crippen LogP contribution in [0.4, 0.5) is 0 Å². The third kappa shape index (κ3) is 2.79. The molecule has 0 aromatic carbocycles. The number of rotatable bonds is 5. The lowest BCUT2D eigenvalue weighted by Gasteiger charge is -2.22. The van der Waals surface area contributed by atoms with Crippen LogP contribution in [0, 0.1) is 0 Å². The fourth-order valence-electron chi connectivity index (χ4n) is 1.57. The molecule has 0 aliphatic carbocycles. The zero-order valence-corrected chi connectivity index (χ0v) is 8.98. The topological polar surface area (TPSA) is 59.3 Å². The van der Waals surface area contributed by atoms with Crippen molar-refractivity contribution in [1.82, 2.24) is 16.0 Å². The monoisotopic (exact) mass is 221 g/mol. The lowest BCUT2D eigenvalue weighted by atomic mass is 10.0. The van der Waals surface area contributed by atoms with E-state index in [1.807, 2.05) is 0 Å². The highest BCUT2D eigenvalue weighted by Gasteiger charge is 2.14. The molecule has 5 heteroatoms. The van der Waals surface area contributed by atoms with Crippen molar-refractivity contribution in [3.05, 3.63) is 36.8 Å². The van der Waals surface area contributed by atoms with Crippen molar-refractivity contribution in [3.8, 4) is 0 Å². The van der Waals surface area contributed by atoms with Crippen LogP contribution in [0.2, 0.25) is 0 Å². The first kappa shape index (κ1) is 11.1. The third-order valence-corrected chi connectivity index (χ3v) is 2.32. The third-order valence-electron chi connectivity index (χ3n) is 2.32. The summed E-state index contributed by atoms with van der Waals surface area (Å²) in [5, 5.41) is 6.98. The van der Waals surface area contributed by atoms with E-state index in [0.29, 0.717) is 6.61 Å². The van der Waals surface area contributed by atoms with Crippen LogP contribution in [0.1, 0.15) is 5.56 Å². The number of nitrogens with one attached hydrogen (secondary N) is 2. The number of hydrogen-bond donors (Lipinski definition) is 2. The maximum atomic E-state index is 5.20. The van der Waals surface area contributed by atoms with Crippen molar-refractivity contribution in [2.75, 3.05) is 19.7 Å². The standard InChI is InChI=1S/C11H15N3O2/c1-2-3-15-14-11-4-9(5-12-7-11)10-6-13-16-8-10/h2,4,6,8,11-12,14H,1,3,5,7H2. The average molecular weight is 221 g/mol. The Hall–Kier alpha value is -1.43. The summed E-state index contributed by atoms with van der Waals surface area (Å²) in [7, 11) is 0. The van der Waals surface area contributed by atoms with E-state index in [2.05, 4.69) is 28.6 Å². The van der Waals surface area contributed by atoms with E-state index >= 15 is 0 Å². The van der Waals surface area contributed by atoms with E-state index < -0.39 is 0 Å². The van der Waals surface area contributed by atoms with Gasteiger partial charge in [0, 0.05) is 18.7 Å². The Morgan fingerprint density at radius 1 is 1.75 bits per heavy atom. The number of hydrogen-bond acceptors (Lipinski definition) is 5. The lowest BCUT2D eigenvalue weighted by Crippen LogP contribution is -2.41. The normalized spacial score (nSPS) is 20.5. The van der Waals surface area contributed by atoms with Crippen molar-refractivity contribution in [3.63, 3.8) is 0 Å². The molecule has 2 heterocycles. The van der Waals surface area contributed by atoms with Crippen LogP contribution in [0.3, 0.4) is 0 Å². The molecule has 2 rings (SSSR count). The Kier molecular flexibility index (Phi) is 3.87. The van der Waals surface area contributed by atoms with Gasteiger partial charge in [-0.1, -0.05) is 17.3 Å². The Morgan fingerprint density at radius 3 is 3.44 bits per heavy atom. The van der Waals surface area contributed by atoms with Gasteiger partial charge in [-0.15, -0.1) is 6.58 Å². The van der Waals surface area contributed by atoms with Crippen LogP contribution in [-0.4, -0.2) is 30.9 Å². The average Bonchev–Trinajstić information content (AvgIpc) is 2.83. The molecule has 16 heavy (non-hydrogen) atoms. The van der Waals surface area contributed by atoms with Gasteiger partial charge in [-0.3, -0.25) is 4.84 Å². The molecule has 1 atom stereocenters. The van der Waals surface area contributed by atoms with Crippen molar-refractivity contribution in [1.29, 1.82) is 0 Å². The minimum atomic E-state index is 0.151. The minimum absolute atomic E-state index is 0.151. The molecule has 1 aliphatic rings. The number of aromatic nitrogens is 1. The second kappa shape index (κ2) is 5.60. The van der Waals surface area contributed by atoms with E-state index in [1.165, 1.54) is 0 Å². The summed E-state index contributed by atoms with van der Waals surface area (Å²) in [6, 6.07) is 0.151. The molecule has 0 saturated carbocycles. The van der Waals surface area contributed by atoms with Crippen LogP contribution in [-0.2, 0) is 4.84 Å². The Morgan fingerprint density at radius 2 is 2.69 bits per heavy atom. The maximum Gasteiger partial charge on any atom is 0.131 e. The van der Waals surface area contributed by atoms with Gasteiger partial charge in [0.2, 0.25) is 0 Å². The zero-order chi connectivity index (χ0) is 11.2. The molecule has 2 N–H and O–H groups in total. The van der Waals surface area contributed by atoms with Gasteiger partial charge in [-0.25, -0.2) is 0 Å². The highest BCUT2D eigenvalue weighted by molar-refractivity contribution is 5.66. The SMILES string of the molecule is C=CCONC1C=C(c2cnoc2)CNC1. The first-order chi connectivity index (χ1) is 7.90. The minimum Gasteiger partial charge on any atom is -0.364 e. The van der Waals surface area contributed by atoms with E-state index in [1.54, 1.807) is 18.5 Å². The van der Waals surface area contributed by atoms with Gasteiger partial charge >= 0.3 is 0 Å². The molecule has 1 aromatic heterocycles. The molecule has 0 radical (unpaired) electrons. The summed E-state index contributed by atoms with van der Waals surface area (Å²) in [4.78, 5) is 5.20. The molecule has 0 saturated heterocycles. The molecule has 0 spiro atoms. The molecular formula is C11H15N3O2. The lowest BCUT2D eigenvalue weighted by molar-refractivity contribution is 0.0459. The highest BCUT2D eigenvalue weighted by Crippen LogP contribution is 2.15. The van der Waals surface area contributed by atoms with Gasteiger partial charge in [-0.2, -0.15) is 5.48 Å². The van der Waals surface area contributed by atoms with Crippen LogP contribution >= 0.6 is 0 Å². The van der Waals surface area contributed by atoms with Gasteiger partial charge in [0.25, 0.3) is 0 Å². The molecule has 0 fully saturated rings. The summed E-state index contributed by atoms with van der Waals surface area (Å²) in [5.74, 6) is 0. The maximum absolute atomic E-state index is 5.20. The Bertz CT molecular complexity index is 359. The van der Waals surface area contributed by atoms with Gasteiger partial charge in [0.1, 0.15) is 6.26 Å². The van der Waals surface area contributed by atoms with Crippen LogP contribution in [0.15, 0.2) is 35.7 Å². The Balaban J connectivity index is 1.95. The van der Waals surface area contributed by atoms with E-state index in [0.717, 1.165) is 24.2 Å². The van der Waals surface area contributed by atoms with Crippen molar-refractivity contribution >= 4 is 5.57 Å². The molecule has 1 unspecified atom stereocenters. The van der Waals surface area contributed by atoms with Gasteiger partial charge < -0.3 is 9.84 Å². The summed E-state index contributed by atoms with van der Waals surface area (Å²) >= 11 is 0. The molecule has 1 aromatic rings. The van der Waals surface area contributed by atoms with Crippen LogP contribution < -0.4 is 10.8 Å². The van der Waals surface area contributed by atoms with Gasteiger partial charge in [-0.05, 0) is 5.57 Å². The second-order valence-corrected chi connectivity index (χ2v) is 3.56. The van der Waals surface area contributed by atoms with Gasteiger partial charge in [0.15, 0.2) is 0 Å². The summed E-state index contributed by atoms with van der Waals surface area (Å²) < 4.78 is 4.82. The molecule has 0 amide bonds. The first-order valence-corrected chi connectivity index (χ1v) is 5.19. The number of nitrogens with zero attached hydrogens (tertiary/aromatic N) is 1. The van der Waals surface area contributed by atoms with E-state index in [4.69, 9.17) is 9.36 Å². The molecular weight excluding hydrogens is 206 g/mol. The van der Waals surface area contributed by atoms with Crippen molar-refractivity contribution in [2.24, 2.45) is 0 Å². The first-order valence-electron chi connectivity index (χ1n) is 5.19. The number of hydroxylamine groups is 1. The van der Waals surface area contributed by atoms with Crippen LogP contribution in [0.5, 0.6) is 0 Å². The van der Waals surface area contributed by atoms with E-state index in [9.17, 15) is 0 Å². The quantitative estimate of drug-likeness (QED) is 0.436. The summed E-state index contributed by atoms with van der Waals surface area (Å²) in [5.41, 5.74) is 5.12. The zero-order valence-electron chi connectivity index (χ0n) is 8.98. The predicted molar refractivity (Wildman–Crippen MR) is 60.4 cm³/mol. The van der Waals surface area contributed by atoms with Crippen LogP contribution in [0.25, 0.3) is 5.57 Å². The molecule has 1 aliphatic heterocycles. The Labute approximate surface area is 94.1 Å². The predicted octanol–water partition coefficient (Wildman–Crippen LogP) is 0.737. The smallest absolute Gasteiger partial charge is 0.131 e.